The first-order valence-corrected chi connectivity index (χ1v) is 21.6. The Hall–Kier alpha value is -1.67. The fourth-order valence-corrected chi connectivity index (χ4v) is 21.1. The molecule has 0 bridgehead atoms. The molecule has 0 amide bonds. The van der Waals surface area contributed by atoms with E-state index in [1.165, 1.54) is 67.5 Å². The molecule has 35 heavy (non-hydrogen) atoms. The Morgan fingerprint density at radius 1 is 0.914 bits per heavy atom. The molecule has 0 aliphatic carbocycles. The molecule has 0 saturated heterocycles. The number of phosphoric acid groups is 1. The summed E-state index contributed by atoms with van der Waals surface area (Å²) in [6.45, 7) is 6.78. The van der Waals surface area contributed by atoms with Gasteiger partial charge in [-0.15, -0.1) is 0 Å². The van der Waals surface area contributed by atoms with Crippen LogP contribution in [0.15, 0.2) is 47.3 Å². The number of unbranched alkanes of at least 4 members (excludes halogenated alkanes) is 3. The average molecular weight is 607 g/mol. The molecule has 0 unspecified atom stereocenters. The average Bonchev–Trinajstić information content (AvgIpc) is 2.83. The summed E-state index contributed by atoms with van der Waals surface area (Å²) in [6, 6.07) is 12.5. The maximum atomic E-state index is 13.1. The molecule has 0 radical (unpaired) electrons. The maximum absolute atomic E-state index is 13.1. The van der Waals surface area contributed by atoms with E-state index in [1.54, 1.807) is 12.1 Å². The van der Waals surface area contributed by atoms with E-state index in [2.05, 4.69) is 42.4 Å². The summed E-state index contributed by atoms with van der Waals surface area (Å²) in [5.74, 6) is 0.459. The summed E-state index contributed by atoms with van der Waals surface area (Å²) in [7, 11) is -4.62. The number of H-pyrrole nitrogens is 1. The third kappa shape index (κ3) is 7.41. The van der Waals surface area contributed by atoms with Crippen LogP contribution in [0, 0.1) is 0 Å². The SMILES string of the molecule is CCC[CH2][Sn]([CH2]CCC)([CH2]CCC)[c]1ccc2nc(-c3ccc(OP(=O)(O)O)cc3)[nH]c(=O)c2c1. The molecule has 3 N–H and O–H groups in total. The van der Waals surface area contributed by atoms with Gasteiger partial charge >= 0.3 is 198 Å². The Balaban J connectivity index is 2.00. The zero-order chi connectivity index (χ0) is 25.5. The molecule has 0 spiro atoms. The Morgan fingerprint density at radius 3 is 2.00 bits per heavy atom. The fourth-order valence-electron chi connectivity index (χ4n) is 4.77. The van der Waals surface area contributed by atoms with E-state index in [0.29, 0.717) is 22.3 Å². The number of nitrogens with one attached hydrogen (secondary N) is 1. The predicted octanol–water partition coefficient (Wildman–Crippen LogP) is 6.12. The summed E-state index contributed by atoms with van der Waals surface area (Å²) >= 11 is -2.67. The van der Waals surface area contributed by atoms with Crippen LogP contribution in [0.25, 0.3) is 22.3 Å². The summed E-state index contributed by atoms with van der Waals surface area (Å²) in [6.07, 6.45) is 7.39. The van der Waals surface area contributed by atoms with E-state index < -0.39 is 26.2 Å². The number of aromatic amines is 1. The molecule has 7 nitrogen and oxygen atoms in total. The van der Waals surface area contributed by atoms with E-state index in [9.17, 15) is 9.36 Å². The van der Waals surface area contributed by atoms with Crippen molar-refractivity contribution >= 4 is 40.7 Å². The minimum atomic E-state index is -4.62. The van der Waals surface area contributed by atoms with Crippen LogP contribution in [-0.4, -0.2) is 38.1 Å². The van der Waals surface area contributed by atoms with Gasteiger partial charge < -0.3 is 0 Å². The molecule has 2 aromatic carbocycles. The predicted molar refractivity (Wildman–Crippen MR) is 145 cm³/mol. The van der Waals surface area contributed by atoms with Gasteiger partial charge in [0.1, 0.15) is 0 Å². The first-order chi connectivity index (χ1) is 16.7. The quantitative estimate of drug-likeness (QED) is 0.160. The number of aromatic nitrogens is 2. The zero-order valence-electron chi connectivity index (χ0n) is 20.9. The summed E-state index contributed by atoms with van der Waals surface area (Å²) in [5, 5.41) is 0.637. The van der Waals surface area contributed by atoms with Gasteiger partial charge in [-0.25, -0.2) is 4.57 Å². The molecule has 3 aromatic rings. The molecular weight excluding hydrogens is 570 g/mol. The second-order valence-electron chi connectivity index (χ2n) is 9.34. The third-order valence-electron chi connectivity index (χ3n) is 6.70. The number of hydrogen-bond donors (Lipinski definition) is 3. The van der Waals surface area contributed by atoms with Gasteiger partial charge in [-0.1, -0.05) is 0 Å². The van der Waals surface area contributed by atoms with Crippen LogP contribution in [0.3, 0.4) is 0 Å². The van der Waals surface area contributed by atoms with Crippen molar-refractivity contribution < 1.29 is 18.9 Å². The van der Waals surface area contributed by atoms with Crippen molar-refractivity contribution in [3.8, 4) is 17.1 Å². The van der Waals surface area contributed by atoms with Gasteiger partial charge in [0.2, 0.25) is 0 Å². The van der Waals surface area contributed by atoms with Crippen molar-refractivity contribution in [2.75, 3.05) is 0 Å². The van der Waals surface area contributed by atoms with E-state index in [0.717, 1.165) is 0 Å². The summed E-state index contributed by atoms with van der Waals surface area (Å²) in [5.41, 5.74) is 1.13. The Kier molecular flexibility index (Phi) is 9.99. The topological polar surface area (TPSA) is 113 Å². The van der Waals surface area contributed by atoms with E-state index in [4.69, 9.17) is 14.8 Å². The number of rotatable bonds is 13. The molecule has 1 heterocycles. The Labute approximate surface area is 211 Å². The Bertz CT molecular complexity index is 1200. The van der Waals surface area contributed by atoms with Crippen molar-refractivity contribution in [2.24, 2.45) is 0 Å². The molecule has 0 atom stereocenters. The number of hydrogen-bond acceptors (Lipinski definition) is 4. The summed E-state index contributed by atoms with van der Waals surface area (Å²) in [4.78, 5) is 38.7. The monoisotopic (exact) mass is 608 g/mol. The van der Waals surface area contributed by atoms with Crippen LogP contribution < -0.4 is 13.7 Å². The van der Waals surface area contributed by atoms with Crippen LogP contribution in [0.2, 0.25) is 13.3 Å². The molecule has 3 rings (SSSR count). The minimum absolute atomic E-state index is 0.0462. The normalized spacial score (nSPS) is 12.3. The summed E-state index contributed by atoms with van der Waals surface area (Å²) < 4.78 is 21.1. The first kappa shape index (κ1) is 27.9. The molecule has 0 aliphatic rings. The number of fused-ring (bicyclic) bond motifs is 1. The van der Waals surface area contributed by atoms with E-state index in [1.807, 2.05) is 6.07 Å². The standard InChI is InChI=1S/C14H10N2O5P.3C4H9.Sn/c17-14-11-3-1-2-4-12(11)15-13(16-14)9-5-7-10(8-6-9)21-22(18,19)20;3*1-3-4-2;/h2-8H,(H,15,16,17)(H2,18,19,20);3*1,3-4H2,2H3;. The molecular formula is C26H37N2O5PSn. The van der Waals surface area contributed by atoms with Crippen LogP contribution >= 0.6 is 7.82 Å². The molecule has 1 aromatic heterocycles. The van der Waals surface area contributed by atoms with Gasteiger partial charge in [0.25, 0.3) is 0 Å². The fraction of sp³-hybridized carbons (Fsp3) is 0.462. The van der Waals surface area contributed by atoms with Crippen LogP contribution in [-0.2, 0) is 4.57 Å². The third-order valence-corrected chi connectivity index (χ3v) is 22.8. The van der Waals surface area contributed by atoms with Crippen LogP contribution in [0.5, 0.6) is 5.75 Å². The van der Waals surface area contributed by atoms with E-state index >= 15 is 0 Å². The molecule has 0 fully saturated rings. The van der Waals surface area contributed by atoms with Crippen LogP contribution in [0.4, 0.5) is 0 Å². The van der Waals surface area contributed by atoms with Gasteiger partial charge in [-0.2, -0.15) is 0 Å². The van der Waals surface area contributed by atoms with Crippen molar-refractivity contribution in [3.63, 3.8) is 0 Å². The van der Waals surface area contributed by atoms with E-state index in [-0.39, 0.29) is 11.3 Å². The van der Waals surface area contributed by atoms with Crippen molar-refractivity contribution in [1.29, 1.82) is 0 Å². The second-order valence-corrected chi connectivity index (χ2v) is 23.7. The second kappa shape index (κ2) is 12.5. The first-order valence-electron chi connectivity index (χ1n) is 12.6. The van der Waals surface area contributed by atoms with Crippen molar-refractivity contribution in [3.05, 3.63) is 52.8 Å². The van der Waals surface area contributed by atoms with Gasteiger partial charge in [0.15, 0.2) is 0 Å². The van der Waals surface area contributed by atoms with Gasteiger partial charge in [0, 0.05) is 0 Å². The molecule has 9 heteroatoms. The number of phosphoric ester groups is 1. The zero-order valence-corrected chi connectivity index (χ0v) is 24.7. The van der Waals surface area contributed by atoms with Crippen molar-refractivity contribution in [1.82, 2.24) is 9.97 Å². The van der Waals surface area contributed by atoms with Gasteiger partial charge in [-0.05, 0) is 0 Å². The van der Waals surface area contributed by atoms with Gasteiger partial charge in [0.05, 0.1) is 0 Å². The number of nitrogens with zero attached hydrogens (tertiary/aromatic N) is 1. The molecule has 190 valence electrons. The van der Waals surface area contributed by atoms with Crippen LogP contribution in [0.1, 0.15) is 59.3 Å². The molecule has 0 saturated carbocycles. The Morgan fingerprint density at radius 2 is 1.49 bits per heavy atom. The van der Waals surface area contributed by atoms with Gasteiger partial charge in [-0.3, -0.25) is 9.79 Å². The molecule has 0 aliphatic heterocycles. The number of benzene rings is 2. The van der Waals surface area contributed by atoms with Crippen molar-refractivity contribution in [2.45, 2.75) is 72.6 Å².